The highest BCUT2D eigenvalue weighted by Gasteiger charge is 2.08. The standard InChI is InChI=1S/C23H22N2O4Si/c1-15-2-7-17(8-3-15)23(27)28-19-10-4-16(5-11-19)6-13-22(26)29-30-21-12-9-18(24)14-20(21)25/h2-14H,24-25,30H2,1H3/b13-6+. The van der Waals surface area contributed by atoms with Crippen LogP contribution in [0.3, 0.4) is 0 Å². The van der Waals surface area contributed by atoms with Crippen LogP contribution in [-0.4, -0.2) is 21.7 Å². The summed E-state index contributed by atoms with van der Waals surface area (Å²) in [7, 11) is -1.29. The van der Waals surface area contributed by atoms with Crippen LogP contribution >= 0.6 is 0 Å². The summed E-state index contributed by atoms with van der Waals surface area (Å²) < 4.78 is 10.7. The maximum Gasteiger partial charge on any atom is 0.343 e. The van der Waals surface area contributed by atoms with Gasteiger partial charge in [-0.3, -0.25) is 0 Å². The van der Waals surface area contributed by atoms with Gasteiger partial charge < -0.3 is 20.6 Å². The van der Waals surface area contributed by atoms with Gasteiger partial charge in [0.05, 0.1) is 5.56 Å². The SMILES string of the molecule is Cc1ccc(C(=O)Oc2ccc(/C=C/C(=O)O[SiH2]c3ccc(N)cc3N)cc2)cc1. The van der Waals surface area contributed by atoms with Crippen molar-refractivity contribution in [3.05, 3.63) is 89.5 Å². The number of rotatable bonds is 6. The van der Waals surface area contributed by atoms with Gasteiger partial charge in [0.25, 0.3) is 9.76 Å². The van der Waals surface area contributed by atoms with E-state index in [2.05, 4.69) is 0 Å². The van der Waals surface area contributed by atoms with Gasteiger partial charge in [0.1, 0.15) is 5.75 Å². The van der Waals surface area contributed by atoms with Crippen molar-refractivity contribution < 1.29 is 18.8 Å². The topological polar surface area (TPSA) is 105 Å². The lowest BCUT2D eigenvalue weighted by Crippen LogP contribution is -2.23. The molecule has 0 spiro atoms. The second-order valence-electron chi connectivity index (χ2n) is 6.72. The average Bonchev–Trinajstić information content (AvgIpc) is 2.73. The van der Waals surface area contributed by atoms with E-state index in [4.69, 9.17) is 20.6 Å². The predicted molar refractivity (Wildman–Crippen MR) is 121 cm³/mol. The number of aryl methyl sites for hydroxylation is 1. The fourth-order valence-corrected chi connectivity index (χ4v) is 3.49. The van der Waals surface area contributed by atoms with Crippen molar-refractivity contribution in [3.63, 3.8) is 0 Å². The molecule has 7 heteroatoms. The Hall–Kier alpha value is -3.84. The highest BCUT2D eigenvalue weighted by Crippen LogP contribution is 2.15. The maximum absolute atomic E-state index is 12.1. The normalized spacial score (nSPS) is 11.1. The lowest BCUT2D eigenvalue weighted by atomic mass is 10.1. The third-order valence-corrected chi connectivity index (χ3v) is 5.71. The third-order valence-electron chi connectivity index (χ3n) is 4.33. The molecule has 3 rings (SSSR count). The zero-order valence-corrected chi connectivity index (χ0v) is 17.9. The highest BCUT2D eigenvalue weighted by atomic mass is 28.2. The largest absolute Gasteiger partial charge is 0.517 e. The zero-order chi connectivity index (χ0) is 21.5. The van der Waals surface area contributed by atoms with Crippen molar-refractivity contribution in [2.45, 2.75) is 6.92 Å². The fourth-order valence-electron chi connectivity index (χ4n) is 2.61. The van der Waals surface area contributed by atoms with Crippen molar-refractivity contribution >= 4 is 44.3 Å². The summed E-state index contributed by atoms with van der Waals surface area (Å²) in [6, 6.07) is 19.2. The van der Waals surface area contributed by atoms with Crippen LogP contribution in [-0.2, 0) is 9.22 Å². The molecule has 0 aliphatic carbocycles. The summed E-state index contributed by atoms with van der Waals surface area (Å²) in [4.78, 5) is 24.1. The number of benzene rings is 3. The van der Waals surface area contributed by atoms with E-state index < -0.39 is 21.7 Å². The molecule has 0 aliphatic rings. The van der Waals surface area contributed by atoms with E-state index in [0.29, 0.717) is 22.7 Å². The van der Waals surface area contributed by atoms with Crippen LogP contribution in [0.25, 0.3) is 6.08 Å². The fraction of sp³-hybridized carbons (Fsp3) is 0.0435. The van der Waals surface area contributed by atoms with Crippen molar-refractivity contribution in [3.8, 4) is 5.75 Å². The lowest BCUT2D eigenvalue weighted by molar-refractivity contribution is -0.128. The first-order chi connectivity index (χ1) is 14.4. The Morgan fingerprint density at radius 1 is 0.933 bits per heavy atom. The quantitative estimate of drug-likeness (QED) is 0.209. The number of carbonyl (C=O) groups is 2. The smallest absolute Gasteiger partial charge is 0.343 e. The molecule has 152 valence electrons. The predicted octanol–water partition coefficient (Wildman–Crippen LogP) is 2.34. The highest BCUT2D eigenvalue weighted by molar-refractivity contribution is 6.51. The number of hydrogen-bond donors (Lipinski definition) is 2. The van der Waals surface area contributed by atoms with Gasteiger partial charge >= 0.3 is 11.9 Å². The minimum absolute atomic E-state index is 0.422. The van der Waals surface area contributed by atoms with Gasteiger partial charge in [-0.25, -0.2) is 9.59 Å². The van der Waals surface area contributed by atoms with Crippen molar-refractivity contribution in [1.29, 1.82) is 0 Å². The van der Waals surface area contributed by atoms with Gasteiger partial charge in [0.2, 0.25) is 0 Å². The van der Waals surface area contributed by atoms with E-state index in [9.17, 15) is 9.59 Å². The van der Waals surface area contributed by atoms with E-state index in [1.165, 1.54) is 6.08 Å². The molecule has 0 fully saturated rings. The minimum Gasteiger partial charge on any atom is -0.517 e. The van der Waals surface area contributed by atoms with Crippen molar-refractivity contribution in [2.24, 2.45) is 0 Å². The summed E-state index contributed by atoms with van der Waals surface area (Å²) in [5.41, 5.74) is 15.0. The number of ether oxygens (including phenoxy) is 1. The van der Waals surface area contributed by atoms with E-state index in [0.717, 1.165) is 16.3 Å². The van der Waals surface area contributed by atoms with Gasteiger partial charge in [0, 0.05) is 17.5 Å². The van der Waals surface area contributed by atoms with Crippen LogP contribution < -0.4 is 21.4 Å². The van der Waals surface area contributed by atoms with Gasteiger partial charge in [-0.15, -0.1) is 0 Å². The summed E-state index contributed by atoms with van der Waals surface area (Å²) in [6.07, 6.45) is 2.99. The number of esters is 1. The zero-order valence-electron chi connectivity index (χ0n) is 16.5. The van der Waals surface area contributed by atoms with Crippen molar-refractivity contribution in [1.82, 2.24) is 0 Å². The molecule has 0 aliphatic heterocycles. The Kier molecular flexibility index (Phi) is 6.66. The van der Waals surface area contributed by atoms with Crippen LogP contribution in [0, 0.1) is 6.92 Å². The average molecular weight is 419 g/mol. The molecule has 0 bridgehead atoms. The number of anilines is 2. The first-order valence-corrected chi connectivity index (χ1v) is 10.6. The van der Waals surface area contributed by atoms with Crippen molar-refractivity contribution in [2.75, 3.05) is 11.5 Å². The second-order valence-corrected chi connectivity index (χ2v) is 8.06. The number of nitrogen functional groups attached to an aromatic ring is 2. The van der Waals surface area contributed by atoms with E-state index in [-0.39, 0.29) is 0 Å². The molecular weight excluding hydrogens is 396 g/mol. The molecule has 0 amide bonds. The monoisotopic (exact) mass is 418 g/mol. The Morgan fingerprint density at radius 3 is 2.30 bits per heavy atom. The van der Waals surface area contributed by atoms with Gasteiger partial charge in [-0.2, -0.15) is 0 Å². The molecule has 0 saturated carbocycles. The summed E-state index contributed by atoms with van der Waals surface area (Å²) >= 11 is 0. The van der Waals surface area contributed by atoms with Crippen LogP contribution in [0.1, 0.15) is 21.5 Å². The van der Waals surface area contributed by atoms with Crippen LogP contribution in [0.4, 0.5) is 11.4 Å². The first-order valence-electron chi connectivity index (χ1n) is 9.28. The molecule has 6 nitrogen and oxygen atoms in total. The molecule has 3 aromatic carbocycles. The molecule has 0 unspecified atom stereocenters. The second kappa shape index (κ2) is 9.57. The lowest BCUT2D eigenvalue weighted by Gasteiger charge is -2.06. The summed E-state index contributed by atoms with van der Waals surface area (Å²) in [5, 5.41) is 0.825. The van der Waals surface area contributed by atoms with E-state index in [1.54, 1.807) is 60.7 Å². The van der Waals surface area contributed by atoms with Crippen LogP contribution in [0.5, 0.6) is 5.75 Å². The van der Waals surface area contributed by atoms with Gasteiger partial charge in [-0.05, 0) is 60.1 Å². The molecular formula is C23H22N2O4Si. The molecule has 0 radical (unpaired) electrons. The first kappa shape index (κ1) is 20.9. The van der Waals surface area contributed by atoms with Crippen LogP contribution in [0.15, 0.2) is 72.8 Å². The molecule has 0 atom stereocenters. The Bertz CT molecular complexity index is 1080. The Morgan fingerprint density at radius 2 is 1.63 bits per heavy atom. The maximum atomic E-state index is 12.1. The van der Waals surface area contributed by atoms with Gasteiger partial charge in [0.15, 0.2) is 0 Å². The van der Waals surface area contributed by atoms with E-state index >= 15 is 0 Å². The number of hydrogen-bond acceptors (Lipinski definition) is 6. The molecule has 0 aromatic heterocycles. The van der Waals surface area contributed by atoms with Crippen LogP contribution in [0.2, 0.25) is 0 Å². The molecule has 3 aromatic rings. The number of carbonyl (C=O) groups excluding carboxylic acids is 2. The van der Waals surface area contributed by atoms with Gasteiger partial charge in [-0.1, -0.05) is 35.9 Å². The summed E-state index contributed by atoms with van der Waals surface area (Å²) in [5.74, 6) is -0.437. The summed E-state index contributed by atoms with van der Waals surface area (Å²) in [6.45, 7) is 1.95. The molecule has 4 N–H and O–H groups in total. The molecule has 0 heterocycles. The Balaban J connectivity index is 1.53. The van der Waals surface area contributed by atoms with E-state index in [1.807, 2.05) is 19.1 Å². The Labute approximate surface area is 177 Å². The number of nitrogens with two attached hydrogens (primary N) is 2. The minimum atomic E-state index is -1.29. The molecule has 30 heavy (non-hydrogen) atoms. The third kappa shape index (κ3) is 5.83. The molecule has 0 saturated heterocycles.